The molecule has 10 heteroatoms. The van der Waals surface area contributed by atoms with Crippen molar-refractivity contribution in [3.8, 4) is 10.6 Å². The Kier molecular flexibility index (Phi) is 5.19. The minimum Gasteiger partial charge on any atom is -0.396 e. The lowest BCUT2D eigenvalue weighted by atomic mass is 9.98. The molecule has 2 aromatic heterocycles. The van der Waals surface area contributed by atoms with Crippen molar-refractivity contribution < 1.29 is 14.3 Å². The van der Waals surface area contributed by atoms with Crippen LogP contribution in [-0.2, 0) is 6.54 Å². The van der Waals surface area contributed by atoms with Gasteiger partial charge in [-0.3, -0.25) is 9.69 Å². The highest BCUT2D eigenvalue weighted by atomic mass is 32.1. The van der Waals surface area contributed by atoms with Crippen LogP contribution in [0.2, 0.25) is 0 Å². The molecule has 1 N–H and O–H groups in total. The number of thiazole rings is 1. The molecule has 0 unspecified atom stereocenters. The van der Waals surface area contributed by atoms with Gasteiger partial charge in [0.25, 0.3) is 5.91 Å². The van der Waals surface area contributed by atoms with Gasteiger partial charge in [-0.1, -0.05) is 0 Å². The lowest BCUT2D eigenvalue weighted by Gasteiger charge is -2.32. The van der Waals surface area contributed by atoms with Crippen LogP contribution in [0.1, 0.15) is 28.2 Å². The van der Waals surface area contributed by atoms with Crippen molar-refractivity contribution >= 4 is 29.0 Å². The molecule has 0 saturated carbocycles. The molecule has 2 aromatic rings. The molecule has 0 atom stereocenters. The smallest absolute Gasteiger partial charge is 0.273 e. The van der Waals surface area contributed by atoms with Crippen molar-refractivity contribution in [2.24, 2.45) is 10.9 Å². The van der Waals surface area contributed by atoms with E-state index in [1.165, 1.54) is 11.3 Å². The van der Waals surface area contributed by atoms with Crippen LogP contribution in [0, 0.1) is 11.9 Å². The number of guanidine groups is 1. The quantitative estimate of drug-likeness (QED) is 0.735. The van der Waals surface area contributed by atoms with Gasteiger partial charge in [0, 0.05) is 39.5 Å². The van der Waals surface area contributed by atoms with Crippen molar-refractivity contribution in [1.29, 1.82) is 0 Å². The second-order valence-electron chi connectivity index (χ2n) is 8.00. The van der Waals surface area contributed by atoms with E-state index in [4.69, 9.17) is 0 Å². The van der Waals surface area contributed by atoms with Crippen LogP contribution in [-0.4, -0.2) is 70.0 Å². The molecule has 0 aliphatic carbocycles. The highest BCUT2D eigenvalue weighted by molar-refractivity contribution is 7.17. The summed E-state index contributed by atoms with van der Waals surface area (Å²) in [6, 6.07) is 3.49. The molecule has 0 aromatic carbocycles. The van der Waals surface area contributed by atoms with E-state index in [0.717, 1.165) is 25.9 Å². The van der Waals surface area contributed by atoms with E-state index in [1.807, 2.05) is 22.9 Å². The second kappa shape index (κ2) is 8.01. The molecular formula is C21H23FN6O2S. The number of aliphatic imine (C=N–C) groups is 1. The first-order valence-electron chi connectivity index (χ1n) is 10.3. The number of carbonyl (C=O) groups is 1. The van der Waals surface area contributed by atoms with Gasteiger partial charge in [0.2, 0.25) is 11.9 Å². The van der Waals surface area contributed by atoms with Gasteiger partial charge in [-0.2, -0.15) is 4.39 Å². The average molecular weight is 443 g/mol. The summed E-state index contributed by atoms with van der Waals surface area (Å²) in [5.74, 6) is 0.763. The number of aliphatic hydroxyl groups is 1. The molecule has 31 heavy (non-hydrogen) atoms. The van der Waals surface area contributed by atoms with Crippen molar-refractivity contribution in [1.82, 2.24) is 19.8 Å². The van der Waals surface area contributed by atoms with E-state index >= 15 is 0 Å². The van der Waals surface area contributed by atoms with Gasteiger partial charge >= 0.3 is 0 Å². The molecule has 0 radical (unpaired) electrons. The predicted molar refractivity (Wildman–Crippen MR) is 116 cm³/mol. The maximum absolute atomic E-state index is 14.9. The van der Waals surface area contributed by atoms with Crippen LogP contribution in [0.25, 0.3) is 10.6 Å². The number of anilines is 1. The number of hydrogen-bond acceptors (Lipinski definition) is 8. The number of nitrogens with zero attached hydrogens (tertiary/aromatic N) is 6. The van der Waals surface area contributed by atoms with Crippen molar-refractivity contribution in [3.05, 3.63) is 40.9 Å². The van der Waals surface area contributed by atoms with E-state index in [0.29, 0.717) is 51.9 Å². The highest BCUT2D eigenvalue weighted by Gasteiger charge is 2.36. The van der Waals surface area contributed by atoms with Crippen molar-refractivity contribution in [2.45, 2.75) is 19.4 Å². The van der Waals surface area contributed by atoms with E-state index in [-0.39, 0.29) is 12.5 Å². The number of piperidine rings is 1. The summed E-state index contributed by atoms with van der Waals surface area (Å²) in [4.78, 5) is 32.0. The Bertz CT molecular complexity index is 1080. The fourth-order valence-corrected chi connectivity index (χ4v) is 5.17. The van der Waals surface area contributed by atoms with Gasteiger partial charge in [0.15, 0.2) is 0 Å². The molecule has 5 rings (SSSR count). The summed E-state index contributed by atoms with van der Waals surface area (Å²) in [5.41, 5.74) is 0.952. The molecule has 3 aliphatic heterocycles. The minimum atomic E-state index is -0.583. The third-order valence-electron chi connectivity index (χ3n) is 5.96. The van der Waals surface area contributed by atoms with Gasteiger partial charge in [-0.15, -0.1) is 11.3 Å². The van der Waals surface area contributed by atoms with Crippen LogP contribution < -0.4 is 4.90 Å². The largest absolute Gasteiger partial charge is 0.396 e. The van der Waals surface area contributed by atoms with Gasteiger partial charge in [-0.05, 0) is 37.0 Å². The summed E-state index contributed by atoms with van der Waals surface area (Å²) in [5, 5.41) is 9.75. The summed E-state index contributed by atoms with van der Waals surface area (Å²) < 4.78 is 14.9. The Labute approximate surface area is 183 Å². The first kappa shape index (κ1) is 20.1. The Morgan fingerprint density at radius 1 is 1.26 bits per heavy atom. The number of amides is 1. The van der Waals surface area contributed by atoms with Crippen LogP contribution in [0.4, 0.5) is 10.2 Å². The number of likely N-dealkylation sites (N-methyl/N-ethyl adjacent to an activating group) is 1. The molecule has 3 aliphatic rings. The third-order valence-corrected chi connectivity index (χ3v) is 7.08. The summed E-state index contributed by atoms with van der Waals surface area (Å²) in [6.45, 7) is 2.71. The fourth-order valence-electron chi connectivity index (χ4n) is 4.13. The van der Waals surface area contributed by atoms with Crippen molar-refractivity contribution in [3.63, 3.8) is 0 Å². The molecule has 1 fully saturated rings. The van der Waals surface area contributed by atoms with Gasteiger partial charge in [0.1, 0.15) is 15.7 Å². The highest BCUT2D eigenvalue weighted by Crippen LogP contribution is 2.36. The molecule has 8 nitrogen and oxygen atoms in total. The van der Waals surface area contributed by atoms with Gasteiger partial charge in [0.05, 0.1) is 17.8 Å². The second-order valence-corrected chi connectivity index (χ2v) is 9.00. The van der Waals surface area contributed by atoms with Crippen molar-refractivity contribution in [2.75, 3.05) is 38.2 Å². The Hall–Kier alpha value is -2.85. The molecule has 1 amide bonds. The zero-order chi connectivity index (χ0) is 21.5. The first-order valence-corrected chi connectivity index (χ1v) is 11.1. The van der Waals surface area contributed by atoms with Crippen LogP contribution in [0.15, 0.2) is 29.4 Å². The number of aromatic nitrogens is 2. The van der Waals surface area contributed by atoms with Crippen LogP contribution in [0.5, 0.6) is 0 Å². The van der Waals surface area contributed by atoms with Crippen LogP contribution in [0.3, 0.4) is 0 Å². The summed E-state index contributed by atoms with van der Waals surface area (Å²) in [7, 11) is 1.88. The average Bonchev–Trinajstić information content (AvgIpc) is 3.33. The summed E-state index contributed by atoms with van der Waals surface area (Å²) >= 11 is 1.20. The van der Waals surface area contributed by atoms with E-state index in [1.54, 1.807) is 23.2 Å². The molecule has 1 saturated heterocycles. The molecular weight excluding hydrogens is 419 g/mol. The lowest BCUT2D eigenvalue weighted by molar-refractivity contribution is 0.0855. The number of hydrogen-bond donors (Lipinski definition) is 1. The predicted octanol–water partition coefficient (Wildman–Crippen LogP) is 2.32. The SMILES string of the molecule is CN1CC=CN=C1N1Cc2nc(-c3ccc(N4CCC(CO)CC4)nc3F)sc2C1=O. The maximum atomic E-state index is 14.9. The summed E-state index contributed by atoms with van der Waals surface area (Å²) in [6.07, 6.45) is 5.36. The van der Waals surface area contributed by atoms with Gasteiger partial charge in [-0.25, -0.2) is 15.0 Å². The molecule has 162 valence electrons. The van der Waals surface area contributed by atoms with E-state index < -0.39 is 5.95 Å². The monoisotopic (exact) mass is 442 g/mol. The number of pyridine rings is 1. The number of rotatable bonds is 3. The Balaban J connectivity index is 1.35. The number of fused-ring (bicyclic) bond motifs is 1. The fraction of sp³-hybridized carbons (Fsp3) is 0.429. The van der Waals surface area contributed by atoms with E-state index in [2.05, 4.69) is 15.0 Å². The molecule has 0 bridgehead atoms. The van der Waals surface area contributed by atoms with Gasteiger partial charge < -0.3 is 14.9 Å². The number of aliphatic hydroxyl groups excluding tert-OH is 1. The molecule has 5 heterocycles. The first-order chi connectivity index (χ1) is 15.0. The van der Waals surface area contributed by atoms with E-state index in [9.17, 15) is 14.3 Å². The van der Waals surface area contributed by atoms with Crippen LogP contribution >= 0.6 is 11.3 Å². The number of carbonyl (C=O) groups excluding carboxylic acids is 1. The zero-order valence-electron chi connectivity index (χ0n) is 17.2. The Morgan fingerprint density at radius 3 is 2.74 bits per heavy atom. The number of halogens is 1. The topological polar surface area (TPSA) is 85.2 Å². The third kappa shape index (κ3) is 3.59. The molecule has 0 spiro atoms. The lowest BCUT2D eigenvalue weighted by Crippen LogP contribution is -2.43. The minimum absolute atomic E-state index is 0.156. The zero-order valence-corrected chi connectivity index (χ0v) is 18.0. The normalized spacial score (nSPS) is 19.3. The standard InChI is InChI=1S/C21H23FN6O2S/c1-26-8-2-7-23-21(26)28-11-15-17(20(28)30)31-19(24-15)14-3-4-16(25-18(14)22)27-9-5-13(12-29)6-10-27/h2-4,7,13,29H,5-6,8-12H2,1H3. The maximum Gasteiger partial charge on any atom is 0.273 e. The Morgan fingerprint density at radius 2 is 2.06 bits per heavy atom.